The Bertz CT molecular complexity index is 991. The molecule has 2 aromatic carbocycles. The van der Waals surface area contributed by atoms with Gasteiger partial charge in [-0.25, -0.2) is 0 Å². The lowest BCUT2D eigenvalue weighted by atomic mass is 9.66. The van der Waals surface area contributed by atoms with Crippen molar-refractivity contribution in [2.45, 2.75) is 66.2 Å². The first-order chi connectivity index (χ1) is 13.8. The molecule has 152 valence electrons. The summed E-state index contributed by atoms with van der Waals surface area (Å²) in [6.45, 7) is 11.9. The number of H-pyrrole nitrogens is 1. The minimum Gasteiger partial charge on any atom is -0.197 e. The Balaban J connectivity index is 1.80. The lowest BCUT2D eigenvalue weighted by Gasteiger charge is -2.38. The Labute approximate surface area is 175 Å². The number of nitrogens with zero attached hydrogens (tertiary/aromatic N) is 2. The molecule has 1 heterocycles. The molecule has 0 saturated heterocycles. The van der Waals surface area contributed by atoms with Crippen LogP contribution in [0.3, 0.4) is 0 Å². The number of rotatable bonds is 4. The lowest BCUT2D eigenvalue weighted by Crippen LogP contribution is -2.26. The predicted molar refractivity (Wildman–Crippen MR) is 121 cm³/mol. The van der Waals surface area contributed by atoms with Gasteiger partial charge in [0, 0.05) is 11.1 Å². The first-order valence-electron chi connectivity index (χ1n) is 10.8. The summed E-state index contributed by atoms with van der Waals surface area (Å²) in [6, 6.07) is 17.5. The van der Waals surface area contributed by atoms with Crippen LogP contribution in [0.25, 0.3) is 22.5 Å². The van der Waals surface area contributed by atoms with Crippen LogP contribution in [0.5, 0.6) is 0 Å². The molecule has 29 heavy (non-hydrogen) atoms. The number of hydrogen-bond donors (Lipinski definition) is 1. The van der Waals surface area contributed by atoms with Gasteiger partial charge in [0.05, 0.1) is 0 Å². The maximum absolute atomic E-state index is 4.57. The third kappa shape index (κ3) is 4.01. The van der Waals surface area contributed by atoms with E-state index in [1.165, 1.54) is 41.5 Å². The van der Waals surface area contributed by atoms with Gasteiger partial charge in [0.1, 0.15) is 11.4 Å². The zero-order valence-electron chi connectivity index (χ0n) is 18.4. The summed E-state index contributed by atoms with van der Waals surface area (Å²) in [5, 5.41) is 12.0. The largest absolute Gasteiger partial charge is 0.197 e. The second kappa shape index (κ2) is 7.44. The van der Waals surface area contributed by atoms with E-state index in [0.717, 1.165) is 17.8 Å². The van der Waals surface area contributed by atoms with Gasteiger partial charge in [-0.3, -0.25) is 0 Å². The molecule has 1 aliphatic carbocycles. The first-order valence-corrected chi connectivity index (χ1v) is 10.8. The van der Waals surface area contributed by atoms with E-state index in [0.29, 0.717) is 11.3 Å². The molecule has 1 aliphatic rings. The van der Waals surface area contributed by atoms with Crippen molar-refractivity contribution in [3.8, 4) is 22.5 Å². The van der Waals surface area contributed by atoms with Crippen LogP contribution in [-0.2, 0) is 6.42 Å². The topological polar surface area (TPSA) is 41.6 Å². The fourth-order valence-corrected chi connectivity index (χ4v) is 4.83. The van der Waals surface area contributed by atoms with Crippen molar-refractivity contribution in [3.63, 3.8) is 0 Å². The standard InChI is InChI=1S/C26H33N3/c1-25(2,3)15-10-16-26(4,5)22-17-18-11-6-7-12-19(18)23-24(28-29-27-23)21-14-9-8-13-20(21)22/h6-9,11-14,22H,10,15-17H2,1-5H3,(H,27,28,29). The van der Waals surface area contributed by atoms with Crippen LogP contribution >= 0.6 is 0 Å². The molecule has 3 nitrogen and oxygen atoms in total. The van der Waals surface area contributed by atoms with Crippen molar-refractivity contribution in [2.24, 2.45) is 10.8 Å². The molecule has 0 radical (unpaired) electrons. The van der Waals surface area contributed by atoms with E-state index in [9.17, 15) is 0 Å². The van der Waals surface area contributed by atoms with Crippen LogP contribution < -0.4 is 0 Å². The van der Waals surface area contributed by atoms with Crippen molar-refractivity contribution in [2.75, 3.05) is 0 Å². The van der Waals surface area contributed by atoms with Gasteiger partial charge in [-0.2, -0.15) is 15.4 Å². The Kier molecular flexibility index (Phi) is 5.10. The number of hydrogen-bond acceptors (Lipinski definition) is 2. The second-order valence-electron chi connectivity index (χ2n) is 10.4. The summed E-state index contributed by atoms with van der Waals surface area (Å²) in [7, 11) is 0. The summed E-state index contributed by atoms with van der Waals surface area (Å²) in [4.78, 5) is 0. The highest BCUT2D eigenvalue weighted by Gasteiger charge is 2.35. The first kappa shape index (κ1) is 19.9. The molecule has 0 aliphatic heterocycles. The molecule has 0 amide bonds. The maximum atomic E-state index is 4.57. The van der Waals surface area contributed by atoms with Crippen molar-refractivity contribution in [1.82, 2.24) is 15.4 Å². The van der Waals surface area contributed by atoms with Gasteiger partial charge in [-0.15, -0.1) is 0 Å². The highest BCUT2D eigenvalue weighted by molar-refractivity contribution is 5.82. The molecule has 0 saturated carbocycles. The zero-order valence-corrected chi connectivity index (χ0v) is 18.4. The highest BCUT2D eigenvalue weighted by Crippen LogP contribution is 2.48. The molecule has 0 spiro atoms. The van der Waals surface area contributed by atoms with Gasteiger partial charge in [-0.05, 0) is 47.1 Å². The van der Waals surface area contributed by atoms with Crippen LogP contribution in [0.4, 0.5) is 0 Å². The summed E-state index contributed by atoms with van der Waals surface area (Å²) in [5.74, 6) is 0.435. The summed E-state index contributed by atoms with van der Waals surface area (Å²) >= 11 is 0. The van der Waals surface area contributed by atoms with Crippen LogP contribution in [0.1, 0.15) is 70.9 Å². The lowest BCUT2D eigenvalue weighted by molar-refractivity contribution is 0.232. The average Bonchev–Trinajstić information content (AvgIpc) is 3.13. The quantitative estimate of drug-likeness (QED) is 0.522. The van der Waals surface area contributed by atoms with E-state index >= 15 is 0 Å². The van der Waals surface area contributed by atoms with E-state index < -0.39 is 0 Å². The third-order valence-corrected chi connectivity index (χ3v) is 6.53. The van der Waals surface area contributed by atoms with Crippen LogP contribution in [-0.4, -0.2) is 15.4 Å². The van der Waals surface area contributed by atoms with Gasteiger partial charge in [0.25, 0.3) is 0 Å². The van der Waals surface area contributed by atoms with Gasteiger partial charge in [0.15, 0.2) is 0 Å². The second-order valence-corrected chi connectivity index (χ2v) is 10.4. The summed E-state index contributed by atoms with van der Waals surface area (Å²) in [6.07, 6.45) is 4.76. The molecule has 0 fully saturated rings. The number of benzene rings is 2. The normalized spacial score (nSPS) is 16.4. The fourth-order valence-electron chi connectivity index (χ4n) is 4.83. The van der Waals surface area contributed by atoms with Gasteiger partial charge >= 0.3 is 0 Å². The summed E-state index contributed by atoms with van der Waals surface area (Å²) < 4.78 is 0. The molecular formula is C26H33N3. The number of fused-ring (bicyclic) bond motifs is 5. The molecular weight excluding hydrogens is 354 g/mol. The minimum absolute atomic E-state index is 0.190. The molecule has 3 heteroatoms. The summed E-state index contributed by atoms with van der Waals surface area (Å²) in [5.41, 5.74) is 7.72. The number of nitrogens with one attached hydrogen (secondary N) is 1. The van der Waals surface area contributed by atoms with Crippen molar-refractivity contribution >= 4 is 0 Å². The molecule has 4 rings (SSSR count). The molecule has 1 unspecified atom stereocenters. The van der Waals surface area contributed by atoms with Crippen LogP contribution in [0.15, 0.2) is 48.5 Å². The monoisotopic (exact) mass is 387 g/mol. The van der Waals surface area contributed by atoms with Crippen LogP contribution in [0, 0.1) is 10.8 Å². The fraction of sp³-hybridized carbons (Fsp3) is 0.462. The highest BCUT2D eigenvalue weighted by atomic mass is 15.3. The van der Waals surface area contributed by atoms with Crippen molar-refractivity contribution in [1.29, 1.82) is 0 Å². The van der Waals surface area contributed by atoms with E-state index in [4.69, 9.17) is 0 Å². The Morgan fingerprint density at radius 3 is 2.17 bits per heavy atom. The van der Waals surface area contributed by atoms with Gasteiger partial charge in [0.2, 0.25) is 0 Å². The average molecular weight is 388 g/mol. The number of aromatic nitrogens is 3. The van der Waals surface area contributed by atoms with Crippen LogP contribution in [0.2, 0.25) is 0 Å². The Morgan fingerprint density at radius 1 is 0.828 bits per heavy atom. The number of aromatic amines is 1. The predicted octanol–water partition coefficient (Wildman–Crippen LogP) is 7.02. The van der Waals surface area contributed by atoms with Crippen molar-refractivity contribution in [3.05, 3.63) is 59.7 Å². The van der Waals surface area contributed by atoms with E-state index in [-0.39, 0.29) is 5.41 Å². The SMILES string of the molecule is CC(C)(C)CCCC(C)(C)C1Cc2ccccc2-c2n[nH]nc2-c2ccccc21. The third-order valence-electron chi connectivity index (χ3n) is 6.53. The molecule has 1 N–H and O–H groups in total. The smallest absolute Gasteiger partial charge is 0.121 e. The Morgan fingerprint density at radius 2 is 1.45 bits per heavy atom. The zero-order chi connectivity index (χ0) is 20.6. The maximum Gasteiger partial charge on any atom is 0.121 e. The molecule has 1 aromatic heterocycles. The molecule has 0 bridgehead atoms. The van der Waals surface area contributed by atoms with E-state index in [1.54, 1.807) is 0 Å². The molecule has 3 aromatic rings. The van der Waals surface area contributed by atoms with E-state index in [1.807, 2.05) is 0 Å². The van der Waals surface area contributed by atoms with Gasteiger partial charge in [-0.1, -0.05) is 89.6 Å². The Hall–Kier alpha value is -2.42. The minimum atomic E-state index is 0.190. The van der Waals surface area contributed by atoms with E-state index in [2.05, 4.69) is 98.6 Å². The van der Waals surface area contributed by atoms with Gasteiger partial charge < -0.3 is 0 Å². The van der Waals surface area contributed by atoms with Crippen molar-refractivity contribution < 1.29 is 0 Å². The molecule has 1 atom stereocenters.